The van der Waals surface area contributed by atoms with Crippen LogP contribution >= 0.6 is 0 Å². The van der Waals surface area contributed by atoms with Gasteiger partial charge in [-0.15, -0.1) is 0 Å². The van der Waals surface area contributed by atoms with E-state index in [0.29, 0.717) is 0 Å². The van der Waals surface area contributed by atoms with Crippen LogP contribution in [0.1, 0.15) is 19.3 Å². The molecule has 0 heteroatoms. The highest BCUT2D eigenvalue weighted by Crippen LogP contribution is 2.70. The molecule has 3 saturated carbocycles. The fourth-order valence-corrected chi connectivity index (χ4v) is 3.30. The van der Waals surface area contributed by atoms with E-state index in [4.69, 9.17) is 0 Å². The number of allylic oxidation sites excluding steroid dienone is 1. The molecule has 0 heterocycles. The summed E-state index contributed by atoms with van der Waals surface area (Å²) in [5.74, 6) is 4.37. The number of hydrogen-bond acceptors (Lipinski definition) is 0. The molecule has 0 N–H and O–H groups in total. The number of fused-ring (bicyclic) bond motifs is 1. The molecule has 48 valence electrons. The van der Waals surface area contributed by atoms with Crippen molar-refractivity contribution < 1.29 is 0 Å². The van der Waals surface area contributed by atoms with Gasteiger partial charge in [-0.05, 0) is 42.9 Å². The quantitative estimate of drug-likeness (QED) is 0.430. The highest BCUT2D eigenvalue weighted by atomic mass is 14.7. The third kappa shape index (κ3) is 0.357. The molecular formula is C9H12. The lowest BCUT2D eigenvalue weighted by molar-refractivity contribution is 0.521. The van der Waals surface area contributed by atoms with Gasteiger partial charge in [-0.2, -0.15) is 0 Å². The first-order valence-corrected chi connectivity index (χ1v) is 4.05. The standard InChI is InChI=1S/C9H12/c1-5-4-6-2-3-7-8(5)9(6)7/h6-9H,1-4H2. The smallest absolute Gasteiger partial charge is 0.0141 e. The molecule has 3 fully saturated rings. The van der Waals surface area contributed by atoms with Gasteiger partial charge in [0, 0.05) is 0 Å². The lowest BCUT2D eigenvalue weighted by Gasteiger charge is -2.00. The van der Waals surface area contributed by atoms with Crippen molar-refractivity contribution in [3.8, 4) is 0 Å². The predicted molar refractivity (Wildman–Crippen MR) is 37.0 cm³/mol. The first-order valence-electron chi connectivity index (χ1n) is 4.05. The SMILES string of the molecule is C=C1CC2CCC3C1C23. The summed E-state index contributed by atoms with van der Waals surface area (Å²) in [4.78, 5) is 0. The van der Waals surface area contributed by atoms with E-state index < -0.39 is 0 Å². The molecule has 3 aliphatic rings. The molecule has 0 aromatic rings. The van der Waals surface area contributed by atoms with Crippen LogP contribution in [-0.4, -0.2) is 0 Å². The van der Waals surface area contributed by atoms with Crippen LogP contribution in [0.2, 0.25) is 0 Å². The normalized spacial score (nSPS) is 60.2. The van der Waals surface area contributed by atoms with E-state index in [1.807, 2.05) is 0 Å². The average Bonchev–Trinajstić information content (AvgIpc) is 2.34. The van der Waals surface area contributed by atoms with Crippen LogP contribution in [0.3, 0.4) is 0 Å². The van der Waals surface area contributed by atoms with Crippen molar-refractivity contribution in [3.05, 3.63) is 12.2 Å². The van der Waals surface area contributed by atoms with Crippen LogP contribution in [-0.2, 0) is 0 Å². The van der Waals surface area contributed by atoms with Gasteiger partial charge in [-0.3, -0.25) is 0 Å². The zero-order valence-corrected chi connectivity index (χ0v) is 5.64. The summed E-state index contributed by atoms with van der Waals surface area (Å²) in [6.45, 7) is 4.12. The summed E-state index contributed by atoms with van der Waals surface area (Å²) >= 11 is 0. The summed E-state index contributed by atoms with van der Waals surface area (Å²) in [6, 6.07) is 0. The topological polar surface area (TPSA) is 0 Å². The van der Waals surface area contributed by atoms with Crippen LogP contribution in [0, 0.1) is 23.7 Å². The molecule has 0 aromatic heterocycles. The first-order chi connectivity index (χ1) is 4.38. The lowest BCUT2D eigenvalue weighted by atomic mass is 10.1. The Balaban J connectivity index is 2.05. The summed E-state index contributed by atoms with van der Waals surface area (Å²) in [5, 5.41) is 0. The van der Waals surface area contributed by atoms with Crippen LogP contribution in [0.25, 0.3) is 0 Å². The van der Waals surface area contributed by atoms with Crippen molar-refractivity contribution >= 4 is 0 Å². The van der Waals surface area contributed by atoms with E-state index in [1.54, 1.807) is 5.57 Å². The Bertz CT molecular complexity index is 180. The largest absolute Gasteiger partial charge is 0.0995 e. The molecule has 0 aromatic carbocycles. The van der Waals surface area contributed by atoms with Crippen LogP contribution in [0.5, 0.6) is 0 Å². The predicted octanol–water partition coefficient (Wildman–Crippen LogP) is 2.22. The van der Waals surface area contributed by atoms with Gasteiger partial charge in [-0.25, -0.2) is 0 Å². The monoisotopic (exact) mass is 120 g/mol. The molecule has 0 amide bonds. The minimum Gasteiger partial charge on any atom is -0.0995 e. The molecule has 4 atom stereocenters. The molecule has 9 heavy (non-hydrogen) atoms. The van der Waals surface area contributed by atoms with Gasteiger partial charge >= 0.3 is 0 Å². The van der Waals surface area contributed by atoms with Crippen molar-refractivity contribution in [2.75, 3.05) is 0 Å². The fourth-order valence-electron chi connectivity index (χ4n) is 3.30. The van der Waals surface area contributed by atoms with Gasteiger partial charge in [-0.1, -0.05) is 12.2 Å². The average molecular weight is 120 g/mol. The van der Waals surface area contributed by atoms with Crippen molar-refractivity contribution in [1.29, 1.82) is 0 Å². The Labute approximate surface area is 56.0 Å². The maximum atomic E-state index is 4.12. The number of rotatable bonds is 0. The molecule has 0 radical (unpaired) electrons. The summed E-state index contributed by atoms with van der Waals surface area (Å²) < 4.78 is 0. The lowest BCUT2D eigenvalue weighted by Crippen LogP contribution is -1.90. The summed E-state index contributed by atoms with van der Waals surface area (Å²) in [7, 11) is 0. The maximum Gasteiger partial charge on any atom is -0.0141 e. The summed E-state index contributed by atoms with van der Waals surface area (Å²) in [6.07, 6.45) is 4.43. The Morgan fingerprint density at radius 3 is 2.78 bits per heavy atom. The van der Waals surface area contributed by atoms with Gasteiger partial charge < -0.3 is 0 Å². The summed E-state index contributed by atoms with van der Waals surface area (Å²) in [5.41, 5.74) is 1.59. The van der Waals surface area contributed by atoms with Crippen molar-refractivity contribution in [2.24, 2.45) is 23.7 Å². The molecule has 0 bridgehead atoms. The van der Waals surface area contributed by atoms with E-state index in [1.165, 1.54) is 19.3 Å². The third-order valence-corrected chi connectivity index (χ3v) is 3.64. The van der Waals surface area contributed by atoms with Crippen molar-refractivity contribution in [2.45, 2.75) is 19.3 Å². The van der Waals surface area contributed by atoms with Gasteiger partial charge in [0.2, 0.25) is 0 Å². The molecule has 4 unspecified atom stereocenters. The minimum absolute atomic E-state index is 1.02. The first kappa shape index (κ1) is 4.54. The second-order valence-corrected chi connectivity index (χ2v) is 3.97. The second-order valence-electron chi connectivity index (χ2n) is 3.97. The van der Waals surface area contributed by atoms with E-state index in [2.05, 4.69) is 6.58 Å². The van der Waals surface area contributed by atoms with Crippen LogP contribution in [0.4, 0.5) is 0 Å². The molecule has 0 nitrogen and oxygen atoms in total. The highest BCUT2D eigenvalue weighted by molar-refractivity contribution is 5.27. The fraction of sp³-hybridized carbons (Fsp3) is 0.778. The number of hydrogen-bond donors (Lipinski definition) is 0. The van der Waals surface area contributed by atoms with E-state index >= 15 is 0 Å². The molecule has 0 saturated heterocycles. The van der Waals surface area contributed by atoms with Gasteiger partial charge in [0.15, 0.2) is 0 Å². The second kappa shape index (κ2) is 1.12. The van der Waals surface area contributed by atoms with Gasteiger partial charge in [0.1, 0.15) is 0 Å². The van der Waals surface area contributed by atoms with E-state index in [0.717, 1.165) is 23.7 Å². The Kier molecular flexibility index (Phi) is 0.564. The van der Waals surface area contributed by atoms with Crippen LogP contribution < -0.4 is 0 Å². The Hall–Kier alpha value is -0.260. The molecular weight excluding hydrogens is 108 g/mol. The highest BCUT2D eigenvalue weighted by Gasteiger charge is 2.62. The van der Waals surface area contributed by atoms with Crippen LogP contribution in [0.15, 0.2) is 12.2 Å². The van der Waals surface area contributed by atoms with Gasteiger partial charge in [0.25, 0.3) is 0 Å². The van der Waals surface area contributed by atoms with Crippen molar-refractivity contribution in [1.82, 2.24) is 0 Å². The molecule has 3 rings (SSSR count). The minimum atomic E-state index is 1.02. The Morgan fingerprint density at radius 1 is 1.33 bits per heavy atom. The van der Waals surface area contributed by atoms with Crippen molar-refractivity contribution in [3.63, 3.8) is 0 Å². The van der Waals surface area contributed by atoms with Gasteiger partial charge in [0.05, 0.1) is 0 Å². The zero-order chi connectivity index (χ0) is 6.01. The molecule has 0 spiro atoms. The Morgan fingerprint density at radius 2 is 2.22 bits per heavy atom. The third-order valence-electron chi connectivity index (χ3n) is 3.64. The van der Waals surface area contributed by atoms with E-state index in [9.17, 15) is 0 Å². The molecule has 0 aliphatic heterocycles. The molecule has 3 aliphatic carbocycles. The maximum absolute atomic E-state index is 4.12. The zero-order valence-electron chi connectivity index (χ0n) is 5.64. The van der Waals surface area contributed by atoms with E-state index in [-0.39, 0.29) is 0 Å².